The van der Waals surface area contributed by atoms with Crippen LogP contribution in [0.4, 0.5) is 5.82 Å². The van der Waals surface area contributed by atoms with Crippen molar-refractivity contribution in [2.75, 3.05) is 11.9 Å². The maximum atomic E-state index is 12.9. The number of pyridine rings is 1. The predicted molar refractivity (Wildman–Crippen MR) is 112 cm³/mol. The Labute approximate surface area is 171 Å². The Morgan fingerprint density at radius 3 is 2.97 bits per heavy atom. The minimum atomic E-state index is -0.349. The molecule has 0 radical (unpaired) electrons. The third kappa shape index (κ3) is 5.06. The second kappa shape index (κ2) is 9.43. The summed E-state index contributed by atoms with van der Waals surface area (Å²) in [4.78, 5) is 18.9. The van der Waals surface area contributed by atoms with Gasteiger partial charge in [-0.05, 0) is 36.5 Å². The van der Waals surface area contributed by atoms with E-state index in [1.54, 1.807) is 18.1 Å². The zero-order valence-corrected chi connectivity index (χ0v) is 17.1. The lowest BCUT2D eigenvalue weighted by molar-refractivity contribution is -0.120. The van der Waals surface area contributed by atoms with Crippen molar-refractivity contribution in [3.05, 3.63) is 72.1 Å². The highest BCUT2D eigenvalue weighted by molar-refractivity contribution is 5.97. The number of amides is 1. The van der Waals surface area contributed by atoms with Gasteiger partial charge in [-0.3, -0.25) is 15.0 Å². The monoisotopic (exact) mass is 393 g/mol. The number of likely N-dealkylation sites (N-methyl/N-ethyl adjacent to an activating group) is 1. The van der Waals surface area contributed by atoms with Crippen molar-refractivity contribution in [3.63, 3.8) is 0 Å². The number of hydrogen-bond acceptors (Lipinski definition) is 6. The number of anilines is 1. The van der Waals surface area contributed by atoms with Crippen molar-refractivity contribution in [2.45, 2.75) is 45.2 Å². The molecule has 3 heterocycles. The zero-order chi connectivity index (χ0) is 20.8. The maximum Gasteiger partial charge on any atom is 0.245 e. The van der Waals surface area contributed by atoms with Crippen molar-refractivity contribution in [3.8, 4) is 0 Å². The van der Waals surface area contributed by atoms with Gasteiger partial charge in [0.05, 0.1) is 19.0 Å². The van der Waals surface area contributed by atoms with E-state index in [0.29, 0.717) is 31.2 Å². The Balaban J connectivity index is 1.61. The van der Waals surface area contributed by atoms with Gasteiger partial charge in [-0.2, -0.15) is 0 Å². The van der Waals surface area contributed by atoms with Crippen molar-refractivity contribution >= 4 is 11.7 Å². The molecule has 3 rings (SSSR count). The molecule has 1 aliphatic heterocycles. The van der Waals surface area contributed by atoms with Gasteiger partial charge < -0.3 is 4.42 Å². The number of fused-ring (bicyclic) bond motifs is 1. The van der Waals surface area contributed by atoms with Crippen LogP contribution < -0.4 is 10.2 Å². The number of nitrogens with one attached hydrogen (secondary N) is 1. The van der Waals surface area contributed by atoms with Crippen LogP contribution in [-0.2, 0) is 17.8 Å². The van der Waals surface area contributed by atoms with E-state index in [-0.39, 0.29) is 17.9 Å². The van der Waals surface area contributed by atoms with Crippen LogP contribution in [0.15, 0.2) is 59.2 Å². The molecular formula is C22H27N5O2. The van der Waals surface area contributed by atoms with E-state index in [9.17, 15) is 4.79 Å². The number of hydrogen-bond donors (Lipinski definition) is 1. The van der Waals surface area contributed by atoms with Gasteiger partial charge in [0, 0.05) is 13.2 Å². The summed E-state index contributed by atoms with van der Waals surface area (Å²) in [6.07, 6.45) is 10.6. The fraction of sp³-hybridized carbons (Fsp3) is 0.364. The van der Waals surface area contributed by atoms with Gasteiger partial charge in [-0.1, -0.05) is 43.9 Å². The first-order valence-electron chi connectivity index (χ1n) is 9.73. The quantitative estimate of drug-likeness (QED) is 0.727. The summed E-state index contributed by atoms with van der Waals surface area (Å²) < 4.78 is 5.70. The topological polar surface area (TPSA) is 84.2 Å². The van der Waals surface area contributed by atoms with Gasteiger partial charge in [0.1, 0.15) is 5.82 Å². The van der Waals surface area contributed by atoms with Crippen LogP contribution in [-0.4, -0.2) is 34.2 Å². The first-order valence-corrected chi connectivity index (χ1v) is 9.73. The fourth-order valence-corrected chi connectivity index (χ4v) is 3.36. The van der Waals surface area contributed by atoms with Crippen molar-refractivity contribution < 1.29 is 9.21 Å². The smallest absolute Gasteiger partial charge is 0.245 e. The molecule has 7 nitrogen and oxygen atoms in total. The summed E-state index contributed by atoms with van der Waals surface area (Å²) in [5.74, 6) is 1.87. The summed E-state index contributed by atoms with van der Waals surface area (Å²) in [5, 5.41) is 11.4. The Bertz CT molecular complexity index is 931. The zero-order valence-electron chi connectivity index (χ0n) is 17.1. The highest BCUT2D eigenvalue weighted by atomic mass is 16.4. The summed E-state index contributed by atoms with van der Waals surface area (Å²) >= 11 is 0. The molecule has 0 fully saturated rings. The molecule has 2 aromatic heterocycles. The maximum absolute atomic E-state index is 12.9. The van der Waals surface area contributed by atoms with Gasteiger partial charge in [0.2, 0.25) is 17.7 Å². The first kappa shape index (κ1) is 20.7. The third-order valence-electron chi connectivity index (χ3n) is 4.91. The van der Waals surface area contributed by atoms with Crippen LogP contribution in [0, 0.1) is 0 Å². The molecule has 0 spiro atoms. The summed E-state index contributed by atoms with van der Waals surface area (Å²) in [6.45, 7) is 8.38. The molecule has 1 amide bonds. The van der Waals surface area contributed by atoms with E-state index in [1.807, 2.05) is 43.4 Å². The van der Waals surface area contributed by atoms with Gasteiger partial charge in [0.25, 0.3) is 0 Å². The highest BCUT2D eigenvalue weighted by Crippen LogP contribution is 2.32. The van der Waals surface area contributed by atoms with Crippen molar-refractivity contribution in [1.29, 1.82) is 0 Å². The van der Waals surface area contributed by atoms with Gasteiger partial charge in [0.15, 0.2) is 0 Å². The molecule has 2 atom stereocenters. The van der Waals surface area contributed by atoms with Crippen molar-refractivity contribution in [2.24, 2.45) is 0 Å². The number of aromatic nitrogens is 3. The Morgan fingerprint density at radius 1 is 1.38 bits per heavy atom. The fourth-order valence-electron chi connectivity index (χ4n) is 3.36. The average molecular weight is 393 g/mol. The van der Waals surface area contributed by atoms with Crippen LogP contribution in [0.25, 0.3) is 0 Å². The molecule has 0 aromatic carbocycles. The lowest BCUT2D eigenvalue weighted by Gasteiger charge is -2.20. The van der Waals surface area contributed by atoms with Crippen molar-refractivity contribution in [1.82, 2.24) is 20.5 Å². The van der Waals surface area contributed by atoms with E-state index in [0.717, 1.165) is 17.0 Å². The molecule has 0 unspecified atom stereocenters. The Hall–Kier alpha value is -3.06. The lowest BCUT2D eigenvalue weighted by atomic mass is 9.96. The predicted octanol–water partition coefficient (Wildman–Crippen LogP) is 3.32. The SMILES string of the molecule is C=C(/C=C\C=C/C)Cc1nnc(CN[C@@H]2C[C@H](C)c3cccnc3N(C)C2=O)o1. The third-order valence-corrected chi connectivity index (χ3v) is 4.91. The molecule has 29 heavy (non-hydrogen) atoms. The number of nitrogens with zero attached hydrogens (tertiary/aromatic N) is 4. The molecular weight excluding hydrogens is 366 g/mol. The van der Waals surface area contributed by atoms with Crippen LogP contribution in [0.3, 0.4) is 0 Å². The van der Waals surface area contributed by atoms with E-state index in [1.165, 1.54) is 0 Å². The second-order valence-corrected chi connectivity index (χ2v) is 7.19. The molecule has 2 aromatic rings. The molecule has 7 heteroatoms. The molecule has 0 bridgehead atoms. The van der Waals surface area contributed by atoms with Gasteiger partial charge >= 0.3 is 0 Å². The number of allylic oxidation sites excluding steroid dienone is 5. The van der Waals surface area contributed by atoms with Crippen LogP contribution in [0.1, 0.15) is 43.5 Å². The minimum absolute atomic E-state index is 0.0171. The van der Waals surface area contributed by atoms with E-state index < -0.39 is 0 Å². The highest BCUT2D eigenvalue weighted by Gasteiger charge is 2.32. The summed E-state index contributed by atoms with van der Waals surface area (Å²) in [5.41, 5.74) is 1.96. The number of carbonyl (C=O) groups is 1. The molecule has 0 aliphatic carbocycles. The first-order chi connectivity index (χ1) is 14.0. The second-order valence-electron chi connectivity index (χ2n) is 7.19. The van der Waals surface area contributed by atoms with Gasteiger partial charge in [-0.25, -0.2) is 4.98 Å². The normalized spacial score (nSPS) is 19.7. The minimum Gasteiger partial charge on any atom is -0.424 e. The van der Waals surface area contributed by atoms with Crippen LogP contribution in [0.5, 0.6) is 0 Å². The molecule has 0 saturated heterocycles. The molecule has 1 N–H and O–H groups in total. The van der Waals surface area contributed by atoms with E-state index in [2.05, 4.69) is 34.0 Å². The molecule has 1 aliphatic rings. The Morgan fingerprint density at radius 2 is 2.17 bits per heavy atom. The number of carbonyl (C=O) groups excluding carboxylic acids is 1. The largest absolute Gasteiger partial charge is 0.424 e. The molecule has 0 saturated carbocycles. The summed E-state index contributed by atoms with van der Waals surface area (Å²) in [7, 11) is 1.76. The van der Waals surface area contributed by atoms with E-state index >= 15 is 0 Å². The van der Waals surface area contributed by atoms with Gasteiger partial charge in [-0.15, -0.1) is 10.2 Å². The standard InChI is InChI=1S/C22H27N5O2/c1-5-6-7-9-15(2)12-19-25-26-20(29-19)14-24-18-13-16(3)17-10-8-11-23-21(17)27(4)22(18)28/h5-11,16,18,24H,2,12-14H2,1,3-4H3/b6-5-,9-7-/t16-,18+/m0/s1. The van der Waals surface area contributed by atoms with E-state index in [4.69, 9.17) is 4.42 Å². The summed E-state index contributed by atoms with van der Waals surface area (Å²) in [6, 6.07) is 3.59. The lowest BCUT2D eigenvalue weighted by Crippen LogP contribution is -2.44. The average Bonchev–Trinajstić information content (AvgIpc) is 3.13. The number of rotatable bonds is 7. The van der Waals surface area contributed by atoms with Crippen LogP contribution >= 0.6 is 0 Å². The molecule has 152 valence electrons. The van der Waals surface area contributed by atoms with Crippen LogP contribution in [0.2, 0.25) is 0 Å². The Kier molecular flexibility index (Phi) is 6.72.